The molecule has 0 radical (unpaired) electrons. The Hall–Kier alpha value is -4.20. The summed E-state index contributed by atoms with van der Waals surface area (Å²) in [6.07, 6.45) is 14.5. The fourth-order valence-corrected chi connectivity index (χ4v) is 8.46. The van der Waals surface area contributed by atoms with Crippen LogP contribution in [0, 0.1) is 23.7 Å². The molecule has 46 heavy (non-hydrogen) atoms. The standard InChI is InChI=1S/C38H40N6O2/c45-35(13-21-1-2-21)43-31-15-27(31)17-33(43)37-39-19-29(41-37)25-9-5-23(6-10-25)24-7-11-26(12-8-24)30-20-40-38(42-30)34-18-28-16-32(28)44(34)36(46)14-22-3-4-22/h5-12,19-22,27-28,31-34H,1-4,13-18H2,(H,39,41)(H,40,42)/t27-,28?,31?,32?,33-,34?/m0/s1. The molecule has 234 valence electrons. The minimum Gasteiger partial charge on any atom is -0.340 e. The van der Waals surface area contributed by atoms with E-state index in [1.54, 1.807) is 0 Å². The number of amides is 2. The molecule has 2 amide bonds. The lowest BCUT2D eigenvalue weighted by molar-refractivity contribution is -0.134. The molecule has 2 saturated heterocycles. The van der Waals surface area contributed by atoms with E-state index < -0.39 is 0 Å². The van der Waals surface area contributed by atoms with E-state index in [-0.39, 0.29) is 12.1 Å². The predicted octanol–water partition coefficient (Wildman–Crippen LogP) is 7.06. The van der Waals surface area contributed by atoms with Gasteiger partial charge in [0.15, 0.2) is 0 Å². The van der Waals surface area contributed by atoms with Gasteiger partial charge in [-0.05, 0) is 97.3 Å². The Morgan fingerprint density at radius 1 is 0.587 bits per heavy atom. The molecule has 8 heteroatoms. The van der Waals surface area contributed by atoms with Gasteiger partial charge in [-0.3, -0.25) is 9.59 Å². The molecule has 0 bridgehead atoms. The predicted molar refractivity (Wildman–Crippen MR) is 174 cm³/mol. The van der Waals surface area contributed by atoms with E-state index >= 15 is 0 Å². The summed E-state index contributed by atoms with van der Waals surface area (Å²) in [6, 6.07) is 18.3. The third-order valence-electron chi connectivity index (χ3n) is 11.7. The molecule has 2 aromatic carbocycles. The van der Waals surface area contributed by atoms with Gasteiger partial charge >= 0.3 is 0 Å². The third-order valence-corrected chi connectivity index (χ3v) is 11.7. The number of carbonyl (C=O) groups excluding carboxylic acids is 2. The normalized spacial score (nSPS) is 29.1. The molecule has 2 aromatic heterocycles. The minimum absolute atomic E-state index is 0.0880. The number of fused-ring (bicyclic) bond motifs is 2. The molecule has 2 N–H and O–H groups in total. The van der Waals surface area contributed by atoms with Crippen LogP contribution in [0.2, 0.25) is 0 Å². The van der Waals surface area contributed by atoms with Crippen molar-refractivity contribution in [2.75, 3.05) is 0 Å². The van der Waals surface area contributed by atoms with Crippen LogP contribution in [0.15, 0.2) is 60.9 Å². The molecular formula is C38H40N6O2. The maximum atomic E-state index is 13.1. The van der Waals surface area contributed by atoms with Gasteiger partial charge in [0.05, 0.1) is 35.9 Å². The average Bonchev–Trinajstić information content (AvgIpc) is 4.06. The Kier molecular flexibility index (Phi) is 5.95. The second-order valence-corrected chi connectivity index (χ2v) is 15.0. The first-order valence-electron chi connectivity index (χ1n) is 17.5. The highest BCUT2D eigenvalue weighted by Crippen LogP contribution is 2.55. The Balaban J connectivity index is 0.817. The van der Waals surface area contributed by atoms with Crippen molar-refractivity contribution in [2.24, 2.45) is 23.7 Å². The lowest BCUT2D eigenvalue weighted by Crippen LogP contribution is -2.34. The number of likely N-dealkylation sites (tertiary alicyclic amines) is 2. The Morgan fingerprint density at radius 3 is 1.37 bits per heavy atom. The van der Waals surface area contributed by atoms with Crippen molar-refractivity contribution in [1.29, 1.82) is 0 Å². The number of aromatic amines is 2. The number of hydrogen-bond donors (Lipinski definition) is 2. The zero-order valence-electron chi connectivity index (χ0n) is 26.1. The zero-order valence-corrected chi connectivity index (χ0v) is 26.1. The van der Waals surface area contributed by atoms with E-state index in [1.165, 1.54) is 25.7 Å². The van der Waals surface area contributed by atoms with E-state index in [0.717, 1.165) is 71.0 Å². The summed E-state index contributed by atoms with van der Waals surface area (Å²) in [7, 11) is 0. The third kappa shape index (κ3) is 4.79. The van der Waals surface area contributed by atoms with Gasteiger partial charge in [-0.15, -0.1) is 0 Å². The van der Waals surface area contributed by atoms with Crippen LogP contribution in [-0.4, -0.2) is 53.6 Å². The lowest BCUT2D eigenvalue weighted by atomic mass is 10.0. The van der Waals surface area contributed by atoms with Gasteiger partial charge in [0, 0.05) is 24.9 Å². The summed E-state index contributed by atoms with van der Waals surface area (Å²) in [5, 5.41) is 0. The van der Waals surface area contributed by atoms with Crippen LogP contribution >= 0.6 is 0 Å². The van der Waals surface area contributed by atoms with Crippen LogP contribution in [-0.2, 0) is 9.59 Å². The van der Waals surface area contributed by atoms with E-state index in [1.807, 2.05) is 12.4 Å². The zero-order chi connectivity index (χ0) is 30.5. The molecule has 4 heterocycles. The molecule has 0 spiro atoms. The van der Waals surface area contributed by atoms with E-state index in [2.05, 4.69) is 68.3 Å². The van der Waals surface area contributed by atoms with Crippen molar-refractivity contribution >= 4 is 11.8 Å². The first-order chi connectivity index (χ1) is 22.6. The maximum Gasteiger partial charge on any atom is 0.223 e. The van der Waals surface area contributed by atoms with Crippen molar-refractivity contribution in [3.05, 3.63) is 72.6 Å². The molecule has 4 unspecified atom stereocenters. The van der Waals surface area contributed by atoms with Crippen molar-refractivity contribution in [3.63, 3.8) is 0 Å². The van der Waals surface area contributed by atoms with Crippen LogP contribution in [0.5, 0.6) is 0 Å². The first kappa shape index (κ1) is 27.0. The molecule has 6 aliphatic rings. The number of nitrogens with zero attached hydrogens (tertiary/aromatic N) is 4. The van der Waals surface area contributed by atoms with E-state index in [0.29, 0.717) is 60.4 Å². The monoisotopic (exact) mass is 612 g/mol. The van der Waals surface area contributed by atoms with Gasteiger partial charge in [0.1, 0.15) is 11.6 Å². The Morgan fingerprint density at radius 2 is 0.978 bits per heavy atom. The quantitative estimate of drug-likeness (QED) is 0.212. The molecule has 6 atom stereocenters. The van der Waals surface area contributed by atoms with Crippen LogP contribution in [0.25, 0.3) is 33.6 Å². The number of carbonyl (C=O) groups is 2. The van der Waals surface area contributed by atoms with Crippen molar-refractivity contribution in [1.82, 2.24) is 29.7 Å². The number of imidazole rings is 2. The second-order valence-electron chi connectivity index (χ2n) is 15.0. The fraction of sp³-hybridized carbons (Fsp3) is 0.474. The molecule has 4 saturated carbocycles. The van der Waals surface area contributed by atoms with Crippen molar-refractivity contribution < 1.29 is 9.59 Å². The lowest BCUT2D eigenvalue weighted by Gasteiger charge is -2.26. The van der Waals surface area contributed by atoms with Crippen LogP contribution < -0.4 is 0 Å². The number of rotatable bonds is 9. The summed E-state index contributed by atoms with van der Waals surface area (Å²) in [5.74, 6) is 5.02. The van der Waals surface area contributed by atoms with Gasteiger partial charge in [-0.2, -0.15) is 0 Å². The summed E-state index contributed by atoms with van der Waals surface area (Å²) in [6.45, 7) is 0. The highest BCUT2D eigenvalue weighted by molar-refractivity contribution is 5.79. The summed E-state index contributed by atoms with van der Waals surface area (Å²) in [4.78, 5) is 47.1. The molecule has 8 nitrogen and oxygen atoms in total. The number of nitrogens with one attached hydrogen (secondary N) is 2. The van der Waals surface area contributed by atoms with Crippen molar-refractivity contribution in [3.8, 4) is 33.6 Å². The van der Waals surface area contributed by atoms with Crippen molar-refractivity contribution in [2.45, 2.75) is 88.4 Å². The first-order valence-corrected chi connectivity index (χ1v) is 17.5. The summed E-state index contributed by atoms with van der Waals surface area (Å²) >= 11 is 0. The number of piperidine rings is 2. The molecule has 10 rings (SSSR count). The SMILES string of the molecule is O=C(CC1CC1)N1C(c2ncc(-c3ccc(-c4ccc(-c5cnc([C@@H]6C[C@@H]7CC7N6C(=O)CC6CC6)[nH]5)cc4)cc3)[nH]2)CC2CC21. The van der Waals surface area contributed by atoms with Gasteiger partial charge in [0.25, 0.3) is 0 Å². The largest absolute Gasteiger partial charge is 0.340 e. The number of H-pyrrole nitrogens is 2. The smallest absolute Gasteiger partial charge is 0.223 e. The van der Waals surface area contributed by atoms with Crippen LogP contribution in [0.1, 0.15) is 87.9 Å². The molecule has 6 fully saturated rings. The van der Waals surface area contributed by atoms with Gasteiger partial charge < -0.3 is 19.8 Å². The summed E-state index contributed by atoms with van der Waals surface area (Å²) < 4.78 is 0. The summed E-state index contributed by atoms with van der Waals surface area (Å²) in [5.41, 5.74) is 6.49. The van der Waals surface area contributed by atoms with Gasteiger partial charge in [-0.25, -0.2) is 9.97 Å². The van der Waals surface area contributed by atoms with E-state index in [9.17, 15) is 9.59 Å². The average molecular weight is 613 g/mol. The molecule has 4 aliphatic carbocycles. The van der Waals surface area contributed by atoms with E-state index in [4.69, 9.17) is 9.97 Å². The number of benzene rings is 2. The fourth-order valence-electron chi connectivity index (χ4n) is 8.46. The molecular weight excluding hydrogens is 572 g/mol. The van der Waals surface area contributed by atoms with Crippen LogP contribution in [0.3, 0.4) is 0 Å². The van der Waals surface area contributed by atoms with Crippen LogP contribution in [0.4, 0.5) is 0 Å². The topological polar surface area (TPSA) is 98.0 Å². The second kappa shape index (κ2) is 10.1. The maximum absolute atomic E-state index is 13.1. The number of aromatic nitrogens is 4. The Labute approximate surface area is 269 Å². The highest BCUT2D eigenvalue weighted by Gasteiger charge is 2.56. The molecule has 4 aromatic rings. The number of hydrogen-bond acceptors (Lipinski definition) is 4. The van der Waals surface area contributed by atoms with Gasteiger partial charge in [0.2, 0.25) is 11.8 Å². The highest BCUT2D eigenvalue weighted by atomic mass is 16.2. The molecule has 2 aliphatic heterocycles. The van der Waals surface area contributed by atoms with Gasteiger partial charge in [-0.1, -0.05) is 48.5 Å². The minimum atomic E-state index is 0.0880. The Bertz CT molecular complexity index is 1680.